The van der Waals surface area contributed by atoms with E-state index in [9.17, 15) is 0 Å². The fourth-order valence-corrected chi connectivity index (χ4v) is 9.64. The van der Waals surface area contributed by atoms with Crippen molar-refractivity contribution in [3.8, 4) is 11.5 Å². The molecule has 5 heteroatoms. The third-order valence-electron chi connectivity index (χ3n) is 12.4. The highest BCUT2D eigenvalue weighted by Crippen LogP contribution is 2.54. The molecule has 0 saturated heterocycles. The van der Waals surface area contributed by atoms with E-state index in [1.165, 1.54) is 55.7 Å². The molecule has 8 aromatic rings. The van der Waals surface area contributed by atoms with E-state index in [-0.39, 0.29) is 12.1 Å². The van der Waals surface area contributed by atoms with Crippen LogP contribution in [0.25, 0.3) is 0 Å². The summed E-state index contributed by atoms with van der Waals surface area (Å²) in [5.41, 5.74) is 18.7. The van der Waals surface area contributed by atoms with E-state index in [1.807, 2.05) is 0 Å². The fourth-order valence-electron chi connectivity index (χ4n) is 9.64. The zero-order chi connectivity index (χ0) is 39.1. The van der Waals surface area contributed by atoms with E-state index in [1.54, 1.807) is 0 Å². The second-order valence-electron chi connectivity index (χ2n) is 16.3. The summed E-state index contributed by atoms with van der Waals surface area (Å²) in [7, 11) is 0. The maximum atomic E-state index is 6.92. The van der Waals surface area contributed by atoms with Crippen LogP contribution in [0.3, 0.4) is 0 Å². The van der Waals surface area contributed by atoms with Crippen LogP contribution in [0, 0.1) is 13.8 Å². The van der Waals surface area contributed by atoms with Gasteiger partial charge in [0.05, 0.1) is 5.69 Å². The largest absolute Gasteiger partial charge is 0.455 e. The Hall–Kier alpha value is -6.98. The molecule has 0 N–H and O–H groups in total. The molecule has 8 aromatic carbocycles. The average Bonchev–Trinajstić information content (AvgIpc) is 3.25. The van der Waals surface area contributed by atoms with Crippen molar-refractivity contribution in [1.29, 1.82) is 0 Å². The van der Waals surface area contributed by atoms with Crippen LogP contribution in [-0.2, 0) is 5.41 Å². The summed E-state index contributed by atoms with van der Waals surface area (Å²) >= 11 is 0. The van der Waals surface area contributed by atoms with Gasteiger partial charge in [-0.25, -0.2) is 0 Å². The van der Waals surface area contributed by atoms with Gasteiger partial charge in [-0.15, -0.1) is 0 Å². The molecule has 0 unspecified atom stereocenters. The highest BCUT2D eigenvalue weighted by molar-refractivity contribution is 7.00. The van der Waals surface area contributed by atoms with Gasteiger partial charge in [0.15, 0.2) is 5.75 Å². The lowest BCUT2D eigenvalue weighted by Gasteiger charge is -2.44. The molecule has 3 aliphatic rings. The number of benzene rings is 8. The van der Waals surface area contributed by atoms with Gasteiger partial charge in [-0.05, 0) is 109 Å². The lowest BCUT2D eigenvalue weighted by Crippen LogP contribution is -2.61. The van der Waals surface area contributed by atoms with Crippen LogP contribution in [0.1, 0.15) is 36.1 Å². The summed E-state index contributed by atoms with van der Waals surface area (Å²) in [4.78, 5) is 7.31. The van der Waals surface area contributed by atoms with Crippen molar-refractivity contribution in [2.45, 2.75) is 33.1 Å². The van der Waals surface area contributed by atoms with E-state index < -0.39 is 0 Å². The maximum absolute atomic E-state index is 6.92. The van der Waals surface area contributed by atoms with Gasteiger partial charge in [0, 0.05) is 62.0 Å². The van der Waals surface area contributed by atoms with Crippen LogP contribution < -0.4 is 35.8 Å². The molecule has 11 rings (SSSR count). The second-order valence-corrected chi connectivity index (χ2v) is 16.3. The zero-order valence-electron chi connectivity index (χ0n) is 33.1. The molecule has 0 bridgehead atoms. The summed E-state index contributed by atoms with van der Waals surface area (Å²) in [5, 5.41) is 0. The standard InChI is InChI=1S/C53H42BN3O/c1-35-25-28-39(29-26-35)56-45-32-27-36(2)33-44(45)54-43-31-30-40(34-49(43)57(38-17-9-6-10-18-38)47-22-14-21-46(56)51(47)54)55(37-15-7-5-8-16-37)48-23-13-20-42-52(48)58-50-24-12-11-19-41(50)53(42,3)4/h5-34H,1-4H3. The number of anilines is 9. The Labute approximate surface area is 341 Å². The molecule has 3 aliphatic heterocycles. The quantitative estimate of drug-likeness (QED) is 0.163. The monoisotopic (exact) mass is 747 g/mol. The Morgan fingerprint density at radius 1 is 0.483 bits per heavy atom. The first-order valence-corrected chi connectivity index (χ1v) is 20.2. The van der Waals surface area contributed by atoms with Crippen LogP contribution in [-0.4, -0.2) is 6.71 Å². The topological polar surface area (TPSA) is 19.0 Å². The van der Waals surface area contributed by atoms with E-state index in [0.29, 0.717) is 0 Å². The molecule has 58 heavy (non-hydrogen) atoms. The molecule has 278 valence electrons. The van der Waals surface area contributed by atoms with Crippen LogP contribution >= 0.6 is 0 Å². The molecule has 0 amide bonds. The number of nitrogens with zero attached hydrogens (tertiary/aromatic N) is 3. The Kier molecular flexibility index (Phi) is 7.71. The lowest BCUT2D eigenvalue weighted by atomic mass is 9.33. The number of hydrogen-bond acceptors (Lipinski definition) is 4. The predicted octanol–water partition coefficient (Wildman–Crippen LogP) is 12.3. The van der Waals surface area contributed by atoms with E-state index >= 15 is 0 Å². The predicted molar refractivity (Wildman–Crippen MR) is 243 cm³/mol. The Morgan fingerprint density at radius 3 is 1.90 bits per heavy atom. The third-order valence-corrected chi connectivity index (χ3v) is 12.4. The first-order chi connectivity index (χ1) is 28.4. The summed E-state index contributed by atoms with van der Waals surface area (Å²) in [6.07, 6.45) is 0. The third kappa shape index (κ3) is 5.16. The van der Waals surface area contributed by atoms with Gasteiger partial charge in [-0.2, -0.15) is 0 Å². The van der Waals surface area contributed by atoms with Crippen molar-refractivity contribution in [1.82, 2.24) is 0 Å². The summed E-state index contributed by atoms with van der Waals surface area (Å²) in [6, 6.07) is 66.4. The van der Waals surface area contributed by atoms with E-state index in [2.05, 4.69) is 224 Å². The van der Waals surface area contributed by atoms with Gasteiger partial charge < -0.3 is 19.4 Å². The van der Waals surface area contributed by atoms with Crippen molar-refractivity contribution < 1.29 is 4.74 Å². The number of fused-ring (bicyclic) bond motifs is 6. The van der Waals surface area contributed by atoms with Gasteiger partial charge in [0.2, 0.25) is 0 Å². The Bertz CT molecular complexity index is 2890. The maximum Gasteiger partial charge on any atom is 0.252 e. The molecule has 0 radical (unpaired) electrons. The van der Waals surface area contributed by atoms with Crippen LogP contribution in [0.4, 0.5) is 51.2 Å². The molecular weight excluding hydrogens is 705 g/mol. The molecule has 0 aromatic heterocycles. The van der Waals surface area contributed by atoms with E-state index in [0.717, 1.165) is 45.6 Å². The minimum atomic E-state index is -0.247. The smallest absolute Gasteiger partial charge is 0.252 e. The van der Waals surface area contributed by atoms with Crippen molar-refractivity contribution in [3.63, 3.8) is 0 Å². The van der Waals surface area contributed by atoms with Gasteiger partial charge in [0.25, 0.3) is 6.71 Å². The highest BCUT2D eigenvalue weighted by Gasteiger charge is 2.44. The first kappa shape index (κ1) is 34.3. The molecule has 0 aliphatic carbocycles. The Balaban J connectivity index is 1.16. The summed E-state index contributed by atoms with van der Waals surface area (Å²) < 4.78 is 6.92. The van der Waals surface area contributed by atoms with Crippen LogP contribution in [0.15, 0.2) is 182 Å². The molecule has 3 heterocycles. The Morgan fingerprint density at radius 2 is 1.12 bits per heavy atom. The normalized spacial score (nSPS) is 14.0. The van der Waals surface area contributed by atoms with Crippen molar-refractivity contribution in [3.05, 3.63) is 204 Å². The number of hydrogen-bond donors (Lipinski definition) is 0. The van der Waals surface area contributed by atoms with Crippen molar-refractivity contribution in [2.75, 3.05) is 14.7 Å². The molecule has 0 spiro atoms. The van der Waals surface area contributed by atoms with Gasteiger partial charge in [-0.1, -0.05) is 128 Å². The lowest BCUT2D eigenvalue weighted by molar-refractivity contribution is 0.419. The second kappa shape index (κ2) is 13.0. The van der Waals surface area contributed by atoms with Crippen LogP contribution in [0.5, 0.6) is 11.5 Å². The summed E-state index contributed by atoms with van der Waals surface area (Å²) in [5.74, 6) is 1.79. The van der Waals surface area contributed by atoms with E-state index in [4.69, 9.17) is 4.74 Å². The van der Waals surface area contributed by atoms with Crippen LogP contribution in [0.2, 0.25) is 0 Å². The minimum Gasteiger partial charge on any atom is -0.455 e. The van der Waals surface area contributed by atoms with Gasteiger partial charge >= 0.3 is 0 Å². The number of aryl methyl sites for hydroxylation is 2. The molecule has 0 atom stereocenters. The molecule has 0 saturated carbocycles. The van der Waals surface area contributed by atoms with Crippen molar-refractivity contribution in [2.24, 2.45) is 0 Å². The molecular formula is C53H42BN3O. The first-order valence-electron chi connectivity index (χ1n) is 20.2. The fraction of sp³-hybridized carbons (Fsp3) is 0.0943. The average molecular weight is 748 g/mol. The van der Waals surface area contributed by atoms with Gasteiger partial charge in [0.1, 0.15) is 5.75 Å². The zero-order valence-corrected chi connectivity index (χ0v) is 33.1. The number of para-hydroxylation sites is 4. The SMILES string of the molecule is Cc1ccc(N2c3ccc(C)cc3B3c4ccc(N(c5ccccc5)c5cccc6c5Oc5ccccc5C6(C)C)cc4N(c4ccccc4)c4cccc2c43)cc1. The molecule has 0 fully saturated rings. The minimum absolute atomic E-state index is 0.0297. The van der Waals surface area contributed by atoms with Crippen molar-refractivity contribution >= 4 is 74.3 Å². The molecule has 4 nitrogen and oxygen atoms in total. The highest BCUT2D eigenvalue weighted by atomic mass is 16.5. The number of ether oxygens (including phenoxy) is 1. The number of rotatable bonds is 5. The van der Waals surface area contributed by atoms with Gasteiger partial charge in [-0.3, -0.25) is 0 Å². The summed E-state index contributed by atoms with van der Waals surface area (Å²) in [6.45, 7) is 8.99.